The van der Waals surface area contributed by atoms with Gasteiger partial charge in [0.25, 0.3) is 0 Å². The van der Waals surface area contributed by atoms with Gasteiger partial charge in [-0.25, -0.2) is 4.39 Å². The summed E-state index contributed by atoms with van der Waals surface area (Å²) in [5, 5.41) is 8.64. The van der Waals surface area contributed by atoms with E-state index in [0.29, 0.717) is 11.4 Å². The Morgan fingerprint density at radius 1 is 1.50 bits per heavy atom. The van der Waals surface area contributed by atoms with Crippen LogP contribution in [0.25, 0.3) is 0 Å². The molecule has 0 bridgehead atoms. The van der Waals surface area contributed by atoms with Crippen LogP contribution < -0.4 is 4.74 Å². The van der Waals surface area contributed by atoms with Gasteiger partial charge >= 0.3 is 0 Å². The molecule has 1 rings (SSSR count). The van der Waals surface area contributed by atoms with E-state index < -0.39 is 6.67 Å². The molecule has 1 aromatic rings. The van der Waals surface area contributed by atoms with Crippen LogP contribution in [-0.2, 0) is 6.61 Å². The Bertz CT molecular complexity index is 225. The maximum absolute atomic E-state index is 11.6. The zero-order valence-corrected chi connectivity index (χ0v) is 6.53. The second kappa shape index (κ2) is 4.66. The number of ether oxygens (including phenoxy) is 1. The van der Waals surface area contributed by atoms with Gasteiger partial charge in [0.15, 0.2) is 0 Å². The fourth-order valence-electron chi connectivity index (χ4n) is 0.746. The Kier molecular flexibility index (Phi) is 3.47. The molecule has 3 nitrogen and oxygen atoms in total. The summed E-state index contributed by atoms with van der Waals surface area (Å²) in [5.74, 6) is 0.518. The van der Waals surface area contributed by atoms with Gasteiger partial charge in [-0.2, -0.15) is 0 Å². The molecule has 0 aromatic carbocycles. The average Bonchev–Trinajstić information content (AvgIpc) is 2.15. The van der Waals surface area contributed by atoms with Crippen LogP contribution in [0.2, 0.25) is 0 Å². The molecular formula is C8H10FNO2. The molecule has 0 unspecified atom stereocenters. The first kappa shape index (κ1) is 8.93. The number of aliphatic hydroxyl groups excluding tert-OH is 1. The topological polar surface area (TPSA) is 42.4 Å². The fourth-order valence-corrected chi connectivity index (χ4v) is 0.746. The molecule has 4 heteroatoms. The lowest BCUT2D eigenvalue weighted by Gasteiger charge is -2.02. The number of hydrogen-bond donors (Lipinski definition) is 1. The van der Waals surface area contributed by atoms with E-state index in [2.05, 4.69) is 4.98 Å². The van der Waals surface area contributed by atoms with E-state index >= 15 is 0 Å². The maximum Gasteiger partial charge on any atom is 0.137 e. The number of aliphatic hydroxyl groups is 1. The second-order valence-corrected chi connectivity index (χ2v) is 2.18. The van der Waals surface area contributed by atoms with Gasteiger partial charge in [0.2, 0.25) is 0 Å². The van der Waals surface area contributed by atoms with Crippen LogP contribution in [0.3, 0.4) is 0 Å². The van der Waals surface area contributed by atoms with Gasteiger partial charge in [0.1, 0.15) is 19.0 Å². The van der Waals surface area contributed by atoms with E-state index in [0.717, 1.165) is 0 Å². The van der Waals surface area contributed by atoms with Crippen LogP contribution in [-0.4, -0.2) is 23.4 Å². The van der Waals surface area contributed by atoms with Crippen LogP contribution in [0.1, 0.15) is 5.69 Å². The quantitative estimate of drug-likeness (QED) is 0.732. The predicted octanol–water partition coefficient (Wildman–Crippen LogP) is 0.922. The predicted molar refractivity (Wildman–Crippen MR) is 41.6 cm³/mol. The SMILES string of the molecule is OCc1ccc(OCCF)cn1. The highest BCUT2D eigenvalue weighted by Gasteiger charge is 1.94. The molecule has 0 aliphatic rings. The van der Waals surface area contributed by atoms with Crippen molar-refractivity contribution >= 4 is 0 Å². The van der Waals surface area contributed by atoms with Crippen molar-refractivity contribution in [3.05, 3.63) is 24.0 Å². The standard InChI is InChI=1S/C8H10FNO2/c9-3-4-12-8-2-1-7(6-11)10-5-8/h1-2,5,11H,3-4,6H2. The Morgan fingerprint density at radius 3 is 2.83 bits per heavy atom. The van der Waals surface area contributed by atoms with Gasteiger partial charge in [-0.15, -0.1) is 0 Å². The van der Waals surface area contributed by atoms with E-state index in [-0.39, 0.29) is 13.2 Å². The molecule has 0 aliphatic carbocycles. The molecule has 1 aromatic heterocycles. The first-order chi connectivity index (χ1) is 5.86. The number of halogens is 1. The summed E-state index contributed by atoms with van der Waals surface area (Å²) in [6.45, 7) is -0.564. The van der Waals surface area contributed by atoms with Crippen molar-refractivity contribution in [2.45, 2.75) is 6.61 Å². The molecule has 1 N–H and O–H groups in total. The van der Waals surface area contributed by atoms with Crippen LogP contribution in [0.15, 0.2) is 18.3 Å². The molecule has 0 fully saturated rings. The molecule has 0 amide bonds. The van der Waals surface area contributed by atoms with Crippen molar-refractivity contribution < 1.29 is 14.2 Å². The Morgan fingerprint density at radius 2 is 2.33 bits per heavy atom. The zero-order valence-electron chi connectivity index (χ0n) is 6.53. The monoisotopic (exact) mass is 171 g/mol. The number of aromatic nitrogens is 1. The van der Waals surface area contributed by atoms with E-state index in [1.807, 2.05) is 0 Å². The largest absolute Gasteiger partial charge is 0.489 e. The van der Waals surface area contributed by atoms with Crippen LogP contribution >= 0.6 is 0 Å². The minimum atomic E-state index is -0.512. The third kappa shape index (κ3) is 2.47. The Hall–Kier alpha value is -1.16. The summed E-state index contributed by atoms with van der Waals surface area (Å²) in [5.41, 5.74) is 0.572. The van der Waals surface area contributed by atoms with Gasteiger partial charge in [0, 0.05) is 0 Å². The number of rotatable bonds is 4. The lowest BCUT2D eigenvalue weighted by molar-refractivity contribution is 0.267. The highest BCUT2D eigenvalue weighted by atomic mass is 19.1. The van der Waals surface area contributed by atoms with Gasteiger partial charge < -0.3 is 9.84 Å². The molecule has 12 heavy (non-hydrogen) atoms. The van der Waals surface area contributed by atoms with Crippen molar-refractivity contribution in [2.24, 2.45) is 0 Å². The lowest BCUT2D eigenvalue weighted by atomic mass is 10.3. The van der Waals surface area contributed by atoms with Gasteiger partial charge in [-0.3, -0.25) is 4.98 Å². The Labute approximate surface area is 69.8 Å². The van der Waals surface area contributed by atoms with Crippen LogP contribution in [0.4, 0.5) is 4.39 Å². The number of hydrogen-bond acceptors (Lipinski definition) is 3. The molecule has 0 atom stereocenters. The first-order valence-electron chi connectivity index (χ1n) is 3.61. The highest BCUT2D eigenvalue weighted by Crippen LogP contribution is 2.08. The molecule has 66 valence electrons. The van der Waals surface area contributed by atoms with Crippen molar-refractivity contribution in [3.63, 3.8) is 0 Å². The van der Waals surface area contributed by atoms with Gasteiger partial charge in [0.05, 0.1) is 18.5 Å². The van der Waals surface area contributed by atoms with Crippen LogP contribution in [0, 0.1) is 0 Å². The third-order valence-corrected chi connectivity index (χ3v) is 1.31. The van der Waals surface area contributed by atoms with E-state index in [9.17, 15) is 4.39 Å². The smallest absolute Gasteiger partial charge is 0.137 e. The highest BCUT2D eigenvalue weighted by molar-refractivity contribution is 5.19. The van der Waals surface area contributed by atoms with Crippen molar-refractivity contribution in [1.82, 2.24) is 4.98 Å². The summed E-state index contributed by atoms with van der Waals surface area (Å²) >= 11 is 0. The minimum Gasteiger partial charge on any atom is -0.489 e. The molecule has 0 saturated heterocycles. The summed E-state index contributed by atoms with van der Waals surface area (Å²) in [6.07, 6.45) is 1.46. The van der Waals surface area contributed by atoms with Gasteiger partial charge in [-0.05, 0) is 12.1 Å². The van der Waals surface area contributed by atoms with Crippen LogP contribution in [0.5, 0.6) is 5.75 Å². The number of nitrogens with zero attached hydrogens (tertiary/aromatic N) is 1. The molecule has 0 radical (unpaired) electrons. The van der Waals surface area contributed by atoms with Crippen molar-refractivity contribution in [1.29, 1.82) is 0 Å². The Balaban J connectivity index is 2.53. The summed E-state index contributed by atoms with van der Waals surface area (Å²) in [7, 11) is 0. The van der Waals surface area contributed by atoms with Crippen molar-refractivity contribution in [3.8, 4) is 5.75 Å². The number of pyridine rings is 1. The molecule has 0 spiro atoms. The average molecular weight is 171 g/mol. The maximum atomic E-state index is 11.6. The summed E-state index contributed by atoms with van der Waals surface area (Å²) < 4.78 is 16.6. The zero-order chi connectivity index (χ0) is 8.81. The molecule has 1 heterocycles. The molecular weight excluding hydrogens is 161 g/mol. The molecule has 0 saturated carbocycles. The fraction of sp³-hybridized carbons (Fsp3) is 0.375. The van der Waals surface area contributed by atoms with E-state index in [4.69, 9.17) is 9.84 Å². The van der Waals surface area contributed by atoms with Crippen molar-refractivity contribution in [2.75, 3.05) is 13.3 Å². The van der Waals surface area contributed by atoms with Gasteiger partial charge in [-0.1, -0.05) is 0 Å². The second-order valence-electron chi connectivity index (χ2n) is 2.18. The minimum absolute atomic E-state index is 0.0418. The summed E-state index contributed by atoms with van der Waals surface area (Å²) in [6, 6.07) is 3.28. The summed E-state index contributed by atoms with van der Waals surface area (Å²) in [4.78, 5) is 3.85. The normalized spacial score (nSPS) is 9.83. The molecule has 0 aliphatic heterocycles. The first-order valence-corrected chi connectivity index (χ1v) is 3.61. The lowest BCUT2D eigenvalue weighted by Crippen LogP contribution is -1.99. The third-order valence-electron chi connectivity index (χ3n) is 1.31. The van der Waals surface area contributed by atoms with E-state index in [1.165, 1.54) is 6.20 Å². The number of alkyl halides is 1. The van der Waals surface area contributed by atoms with E-state index in [1.54, 1.807) is 12.1 Å².